The number of hydrogen-bond acceptors (Lipinski definition) is 9. The number of rotatable bonds is 11. The summed E-state index contributed by atoms with van der Waals surface area (Å²) in [5, 5.41) is 13.3. The van der Waals surface area contributed by atoms with Crippen LogP contribution in [0.2, 0.25) is 0 Å². The quantitative estimate of drug-likeness (QED) is 0.211. The summed E-state index contributed by atoms with van der Waals surface area (Å²) in [4.78, 5) is 40.7. The maximum Gasteiger partial charge on any atom is 0.459 e. The van der Waals surface area contributed by atoms with Crippen LogP contribution in [0.25, 0.3) is 6.08 Å². The van der Waals surface area contributed by atoms with E-state index < -0.39 is 56.0 Å². The molecule has 1 fully saturated rings. The SMILES string of the molecule is COC(=O)[C@@H](NP(=O)(OCC1O[C@@H](n2cc(/C=C/Br)c(=O)[nH]c2=O)C[C@H]1O)Oc1ccccc1)c1ccccc1. The van der Waals surface area contributed by atoms with Gasteiger partial charge in [0.2, 0.25) is 0 Å². The Morgan fingerprint density at radius 2 is 1.90 bits per heavy atom. The van der Waals surface area contributed by atoms with Crippen molar-refractivity contribution in [3.8, 4) is 5.75 Å². The Morgan fingerprint density at radius 3 is 2.55 bits per heavy atom. The molecular weight excluding hydrogens is 609 g/mol. The van der Waals surface area contributed by atoms with Crippen LogP contribution in [0.5, 0.6) is 5.75 Å². The van der Waals surface area contributed by atoms with Gasteiger partial charge in [0.15, 0.2) is 0 Å². The lowest BCUT2D eigenvalue weighted by Crippen LogP contribution is -2.34. The molecule has 1 aliphatic heterocycles. The molecule has 14 heteroatoms. The molecule has 0 aliphatic carbocycles. The Balaban J connectivity index is 1.56. The molecule has 0 saturated carbocycles. The number of halogens is 1. The van der Waals surface area contributed by atoms with Crippen molar-refractivity contribution in [2.24, 2.45) is 0 Å². The average molecular weight is 636 g/mol. The van der Waals surface area contributed by atoms with Gasteiger partial charge in [0.1, 0.15) is 24.1 Å². The monoisotopic (exact) mass is 635 g/mol. The minimum atomic E-state index is -4.31. The number of aromatic amines is 1. The molecule has 0 radical (unpaired) electrons. The van der Waals surface area contributed by atoms with E-state index in [4.69, 9.17) is 18.5 Å². The van der Waals surface area contributed by atoms with E-state index >= 15 is 0 Å². The predicted octanol–water partition coefficient (Wildman–Crippen LogP) is 3.26. The van der Waals surface area contributed by atoms with Crippen LogP contribution in [0.15, 0.2) is 81.4 Å². The minimum Gasteiger partial charge on any atom is -0.468 e. The second-order valence-electron chi connectivity index (χ2n) is 8.67. The summed E-state index contributed by atoms with van der Waals surface area (Å²) in [6, 6.07) is 15.5. The lowest BCUT2D eigenvalue weighted by Gasteiger charge is -2.26. The van der Waals surface area contributed by atoms with Crippen molar-refractivity contribution in [1.82, 2.24) is 14.6 Å². The van der Waals surface area contributed by atoms with Crippen LogP contribution >= 0.6 is 23.7 Å². The van der Waals surface area contributed by atoms with E-state index in [-0.39, 0.29) is 17.7 Å². The normalized spacial score (nSPS) is 21.1. The Bertz CT molecular complexity index is 1500. The number of para-hydroxylation sites is 1. The zero-order valence-electron chi connectivity index (χ0n) is 21.2. The molecule has 212 valence electrons. The van der Waals surface area contributed by atoms with Crippen molar-refractivity contribution in [3.63, 3.8) is 0 Å². The largest absolute Gasteiger partial charge is 0.468 e. The smallest absolute Gasteiger partial charge is 0.459 e. The molecule has 0 amide bonds. The molecule has 0 spiro atoms. The molecule has 1 aliphatic rings. The van der Waals surface area contributed by atoms with E-state index in [1.54, 1.807) is 60.7 Å². The highest BCUT2D eigenvalue weighted by Gasteiger charge is 2.40. The molecule has 1 aromatic heterocycles. The third kappa shape index (κ3) is 7.25. The first-order valence-corrected chi connectivity index (χ1v) is 14.5. The molecule has 1 saturated heterocycles. The van der Waals surface area contributed by atoms with Crippen LogP contribution < -0.4 is 20.9 Å². The van der Waals surface area contributed by atoms with E-state index in [1.165, 1.54) is 24.4 Å². The minimum absolute atomic E-state index is 0.0104. The van der Waals surface area contributed by atoms with Crippen molar-refractivity contribution in [2.75, 3.05) is 13.7 Å². The maximum atomic E-state index is 14.0. The number of carbonyl (C=O) groups is 1. The summed E-state index contributed by atoms with van der Waals surface area (Å²) in [6.07, 6.45) is -0.329. The van der Waals surface area contributed by atoms with E-state index in [2.05, 4.69) is 26.0 Å². The van der Waals surface area contributed by atoms with Gasteiger partial charge in [-0.2, -0.15) is 5.09 Å². The topological polar surface area (TPSA) is 158 Å². The number of benzene rings is 2. The molecule has 5 atom stereocenters. The second-order valence-corrected chi connectivity index (χ2v) is 10.9. The summed E-state index contributed by atoms with van der Waals surface area (Å²) < 4.78 is 37.3. The van der Waals surface area contributed by atoms with Gasteiger partial charge in [-0.15, -0.1) is 0 Å². The van der Waals surface area contributed by atoms with Crippen molar-refractivity contribution < 1.29 is 33.0 Å². The lowest BCUT2D eigenvalue weighted by atomic mass is 10.1. The number of hydrogen-bond donors (Lipinski definition) is 3. The zero-order valence-corrected chi connectivity index (χ0v) is 23.7. The number of nitrogens with one attached hydrogen (secondary N) is 2. The Hall–Kier alpha value is -3.32. The van der Waals surface area contributed by atoms with E-state index in [9.17, 15) is 24.1 Å². The molecule has 2 unspecified atom stereocenters. The molecule has 0 bridgehead atoms. The number of H-pyrrole nitrogens is 1. The number of esters is 1. The number of methoxy groups -OCH3 is 1. The van der Waals surface area contributed by atoms with Crippen LogP contribution in [0, 0.1) is 0 Å². The summed E-state index contributed by atoms with van der Waals surface area (Å²) >= 11 is 3.09. The predicted molar refractivity (Wildman–Crippen MR) is 149 cm³/mol. The number of nitrogens with zero attached hydrogens (tertiary/aromatic N) is 1. The molecule has 12 nitrogen and oxygen atoms in total. The van der Waals surface area contributed by atoms with Crippen molar-refractivity contribution >= 4 is 35.7 Å². The van der Waals surface area contributed by atoms with Gasteiger partial charge in [0.05, 0.1) is 25.4 Å². The Kier molecular flexibility index (Phi) is 9.90. The fourth-order valence-electron chi connectivity index (χ4n) is 4.00. The molecule has 4 rings (SSSR count). The lowest BCUT2D eigenvalue weighted by molar-refractivity contribution is -0.143. The first-order valence-electron chi connectivity index (χ1n) is 12.1. The number of aliphatic hydroxyl groups is 1. The molecule has 3 aromatic rings. The van der Waals surface area contributed by atoms with Gasteiger partial charge in [-0.05, 0) is 28.8 Å². The first kappa shape index (κ1) is 29.7. The molecule has 3 N–H and O–H groups in total. The average Bonchev–Trinajstić information content (AvgIpc) is 3.33. The highest BCUT2D eigenvalue weighted by atomic mass is 79.9. The number of ether oxygens (including phenoxy) is 2. The van der Waals surface area contributed by atoms with Gasteiger partial charge in [-0.3, -0.25) is 18.9 Å². The van der Waals surface area contributed by atoms with E-state index in [0.717, 1.165) is 4.57 Å². The Labute approximate surface area is 237 Å². The zero-order chi connectivity index (χ0) is 28.7. The van der Waals surface area contributed by atoms with Gasteiger partial charge in [0.25, 0.3) is 5.56 Å². The summed E-state index contributed by atoms with van der Waals surface area (Å²) in [7, 11) is -3.11. The molecular formula is C26H27BrN3O9P. The summed E-state index contributed by atoms with van der Waals surface area (Å²) in [5.74, 6) is -0.525. The molecule has 40 heavy (non-hydrogen) atoms. The summed E-state index contributed by atoms with van der Waals surface area (Å²) in [5.41, 5.74) is -0.662. The highest BCUT2D eigenvalue weighted by Crippen LogP contribution is 2.47. The van der Waals surface area contributed by atoms with Gasteiger partial charge >= 0.3 is 19.4 Å². The third-order valence-electron chi connectivity index (χ3n) is 5.99. The number of aliphatic hydroxyl groups excluding tert-OH is 1. The van der Waals surface area contributed by atoms with Gasteiger partial charge in [-0.25, -0.2) is 14.2 Å². The van der Waals surface area contributed by atoms with Gasteiger partial charge in [-0.1, -0.05) is 64.5 Å². The van der Waals surface area contributed by atoms with E-state index in [0.29, 0.717) is 5.56 Å². The van der Waals surface area contributed by atoms with Crippen LogP contribution in [0.1, 0.15) is 29.8 Å². The highest BCUT2D eigenvalue weighted by molar-refractivity contribution is 9.11. The van der Waals surface area contributed by atoms with E-state index in [1.807, 2.05) is 0 Å². The van der Waals surface area contributed by atoms with Crippen molar-refractivity contribution in [1.29, 1.82) is 0 Å². The van der Waals surface area contributed by atoms with Crippen molar-refractivity contribution in [3.05, 3.63) is 104 Å². The van der Waals surface area contributed by atoms with Gasteiger partial charge < -0.3 is 19.1 Å². The van der Waals surface area contributed by atoms with Crippen LogP contribution in [-0.4, -0.2) is 46.6 Å². The van der Waals surface area contributed by atoms with Crippen molar-refractivity contribution in [2.45, 2.75) is 30.9 Å². The number of aromatic nitrogens is 2. The molecule has 2 heterocycles. The fourth-order valence-corrected chi connectivity index (χ4v) is 5.78. The fraction of sp³-hybridized carbons (Fsp3) is 0.269. The van der Waals surface area contributed by atoms with Crippen LogP contribution in [-0.2, 0) is 23.4 Å². The molecule has 2 aromatic carbocycles. The van der Waals surface area contributed by atoms with Crippen LogP contribution in [0.3, 0.4) is 0 Å². The standard InChI is InChI=1S/C26H27BrN3O9P/c1-36-25(33)23(17-8-4-2-5-9-17)29-40(35,39-19-10-6-3-7-11-19)37-16-21-20(31)14-22(38-21)30-15-18(12-13-27)24(32)28-26(30)34/h2-13,15,20-23,31H,14,16H2,1H3,(H,29,35)(H,28,32,34)/b13-12+/t20-,21?,22-,23+,40?/m1/s1. The third-order valence-corrected chi connectivity index (χ3v) is 7.77. The Morgan fingerprint density at radius 1 is 1.23 bits per heavy atom. The van der Waals surface area contributed by atoms with Crippen LogP contribution in [0.4, 0.5) is 0 Å². The second kappa shape index (κ2) is 13.4. The maximum absolute atomic E-state index is 14.0. The number of carbonyl (C=O) groups excluding carboxylic acids is 1. The first-order chi connectivity index (χ1) is 19.2. The summed E-state index contributed by atoms with van der Waals surface area (Å²) in [6.45, 7) is -0.427. The van der Waals surface area contributed by atoms with Gasteiger partial charge in [0, 0.05) is 12.6 Å².